The Labute approximate surface area is 171 Å². The first-order chi connectivity index (χ1) is 14.2. The van der Waals surface area contributed by atoms with E-state index in [2.05, 4.69) is 10.3 Å². The van der Waals surface area contributed by atoms with Crippen molar-refractivity contribution in [2.75, 3.05) is 13.7 Å². The van der Waals surface area contributed by atoms with Gasteiger partial charge in [-0.05, 0) is 53.5 Å². The number of benzene rings is 2. The lowest BCUT2D eigenvalue weighted by atomic mass is 10.1. The zero-order chi connectivity index (χ0) is 20.3. The molecular formula is C24H24N2O3. The molecule has 0 aliphatic heterocycles. The van der Waals surface area contributed by atoms with Gasteiger partial charge in [0.2, 0.25) is 5.91 Å². The average molecular weight is 388 g/mol. The largest absolute Gasteiger partial charge is 0.493 e. The minimum atomic E-state index is -0.129. The molecular weight excluding hydrogens is 364 g/mol. The molecule has 0 saturated carbocycles. The van der Waals surface area contributed by atoms with Crippen LogP contribution in [-0.4, -0.2) is 24.5 Å². The summed E-state index contributed by atoms with van der Waals surface area (Å²) in [7, 11) is 1.62. The van der Waals surface area contributed by atoms with Crippen LogP contribution in [0.1, 0.15) is 16.7 Å². The highest BCUT2D eigenvalue weighted by Gasteiger charge is 2.07. The van der Waals surface area contributed by atoms with Crippen LogP contribution in [0.4, 0.5) is 0 Å². The van der Waals surface area contributed by atoms with E-state index in [1.54, 1.807) is 25.6 Å². The molecule has 0 saturated heterocycles. The number of hydrogen-bond acceptors (Lipinski definition) is 4. The van der Waals surface area contributed by atoms with Gasteiger partial charge in [-0.1, -0.05) is 36.4 Å². The molecule has 0 atom stereocenters. The number of carbonyl (C=O) groups is 1. The summed E-state index contributed by atoms with van der Waals surface area (Å²) in [5.41, 5.74) is 3.09. The molecule has 0 aliphatic rings. The van der Waals surface area contributed by atoms with Gasteiger partial charge in [-0.15, -0.1) is 0 Å². The SMILES string of the molecule is COc1ccc(CCNC(=O)C=Cc2ccncc2)cc1OCc1ccccc1. The number of ether oxygens (including phenoxy) is 2. The standard InChI is InChI=1S/C24H24N2O3/c1-28-22-9-7-20(17-23(22)29-18-21-5-3-2-4-6-21)13-16-26-24(27)10-8-19-11-14-25-15-12-19/h2-12,14-15,17H,13,16,18H2,1H3,(H,26,27). The lowest BCUT2D eigenvalue weighted by molar-refractivity contribution is -0.116. The van der Waals surface area contributed by atoms with E-state index < -0.39 is 0 Å². The summed E-state index contributed by atoms with van der Waals surface area (Å²) in [4.78, 5) is 15.9. The molecule has 5 nitrogen and oxygen atoms in total. The van der Waals surface area contributed by atoms with Crippen molar-refractivity contribution in [1.82, 2.24) is 10.3 Å². The molecule has 0 bridgehead atoms. The van der Waals surface area contributed by atoms with Crippen molar-refractivity contribution in [3.8, 4) is 11.5 Å². The number of rotatable bonds is 9. The summed E-state index contributed by atoms with van der Waals surface area (Å²) in [5, 5.41) is 2.89. The van der Waals surface area contributed by atoms with Crippen molar-refractivity contribution >= 4 is 12.0 Å². The minimum absolute atomic E-state index is 0.129. The molecule has 0 radical (unpaired) electrons. The summed E-state index contributed by atoms with van der Waals surface area (Å²) in [6.45, 7) is 1.00. The van der Waals surface area contributed by atoms with E-state index in [1.165, 1.54) is 6.08 Å². The van der Waals surface area contributed by atoms with Gasteiger partial charge in [-0.3, -0.25) is 9.78 Å². The van der Waals surface area contributed by atoms with Gasteiger partial charge in [-0.25, -0.2) is 0 Å². The van der Waals surface area contributed by atoms with E-state index in [0.29, 0.717) is 31.1 Å². The zero-order valence-corrected chi connectivity index (χ0v) is 16.4. The quantitative estimate of drug-likeness (QED) is 0.562. The number of carbonyl (C=O) groups excluding carboxylic acids is 1. The highest BCUT2D eigenvalue weighted by molar-refractivity contribution is 5.91. The lowest BCUT2D eigenvalue weighted by Crippen LogP contribution is -2.23. The van der Waals surface area contributed by atoms with Crippen LogP contribution in [0, 0.1) is 0 Å². The maximum absolute atomic E-state index is 12.0. The Morgan fingerprint density at radius 2 is 1.79 bits per heavy atom. The summed E-state index contributed by atoms with van der Waals surface area (Å²) >= 11 is 0. The van der Waals surface area contributed by atoms with E-state index in [9.17, 15) is 4.79 Å². The topological polar surface area (TPSA) is 60.5 Å². The molecule has 0 fully saturated rings. The Kier molecular flexibility index (Phi) is 7.41. The number of nitrogens with zero attached hydrogens (tertiary/aromatic N) is 1. The first-order valence-electron chi connectivity index (χ1n) is 9.44. The van der Waals surface area contributed by atoms with Gasteiger partial charge in [0, 0.05) is 25.0 Å². The third-order valence-corrected chi connectivity index (χ3v) is 4.31. The van der Waals surface area contributed by atoms with Crippen LogP contribution in [-0.2, 0) is 17.8 Å². The molecule has 0 aliphatic carbocycles. The van der Waals surface area contributed by atoms with Gasteiger partial charge in [-0.2, -0.15) is 0 Å². The summed E-state index contributed by atoms with van der Waals surface area (Å²) in [6.07, 6.45) is 7.37. The van der Waals surface area contributed by atoms with Crippen molar-refractivity contribution < 1.29 is 14.3 Å². The smallest absolute Gasteiger partial charge is 0.244 e. The summed E-state index contributed by atoms with van der Waals surface area (Å²) < 4.78 is 11.3. The first kappa shape index (κ1) is 20.1. The molecule has 1 amide bonds. The number of methoxy groups -OCH3 is 1. The molecule has 3 rings (SSSR count). The van der Waals surface area contributed by atoms with Crippen LogP contribution in [0.15, 0.2) is 79.1 Å². The van der Waals surface area contributed by atoms with E-state index >= 15 is 0 Å². The maximum Gasteiger partial charge on any atom is 0.244 e. The van der Waals surface area contributed by atoms with Gasteiger partial charge in [0.15, 0.2) is 11.5 Å². The molecule has 5 heteroatoms. The molecule has 3 aromatic rings. The second-order valence-corrected chi connectivity index (χ2v) is 6.41. The van der Waals surface area contributed by atoms with Crippen LogP contribution in [0.25, 0.3) is 6.08 Å². The van der Waals surface area contributed by atoms with E-state index in [0.717, 1.165) is 16.7 Å². The Morgan fingerprint density at radius 3 is 2.55 bits per heavy atom. The monoisotopic (exact) mass is 388 g/mol. The number of pyridine rings is 1. The minimum Gasteiger partial charge on any atom is -0.493 e. The second-order valence-electron chi connectivity index (χ2n) is 6.41. The van der Waals surface area contributed by atoms with E-state index in [4.69, 9.17) is 9.47 Å². The van der Waals surface area contributed by atoms with Crippen molar-refractivity contribution in [3.05, 3.63) is 95.8 Å². The van der Waals surface area contributed by atoms with Crippen LogP contribution in [0.2, 0.25) is 0 Å². The number of amides is 1. The van der Waals surface area contributed by atoms with Gasteiger partial charge < -0.3 is 14.8 Å². The number of nitrogens with one attached hydrogen (secondary N) is 1. The summed E-state index contributed by atoms with van der Waals surface area (Å²) in [5.74, 6) is 1.25. The van der Waals surface area contributed by atoms with Gasteiger partial charge in [0.05, 0.1) is 7.11 Å². The summed E-state index contributed by atoms with van der Waals surface area (Å²) in [6, 6.07) is 19.5. The third-order valence-electron chi connectivity index (χ3n) is 4.31. The molecule has 1 heterocycles. The van der Waals surface area contributed by atoms with Crippen molar-refractivity contribution in [2.24, 2.45) is 0 Å². The predicted octanol–water partition coefficient (Wildman–Crippen LogP) is 4.04. The lowest BCUT2D eigenvalue weighted by Gasteiger charge is -2.12. The fourth-order valence-corrected chi connectivity index (χ4v) is 2.76. The normalized spacial score (nSPS) is 10.7. The van der Waals surface area contributed by atoms with Crippen molar-refractivity contribution in [1.29, 1.82) is 0 Å². The highest BCUT2D eigenvalue weighted by atomic mass is 16.5. The first-order valence-corrected chi connectivity index (χ1v) is 9.44. The fourth-order valence-electron chi connectivity index (χ4n) is 2.76. The van der Waals surface area contributed by atoms with Crippen LogP contribution in [0.5, 0.6) is 11.5 Å². The Bertz CT molecular complexity index is 941. The van der Waals surface area contributed by atoms with Crippen LogP contribution >= 0.6 is 0 Å². The Morgan fingerprint density at radius 1 is 1.00 bits per heavy atom. The van der Waals surface area contributed by atoms with E-state index in [-0.39, 0.29) is 5.91 Å². The van der Waals surface area contributed by atoms with Gasteiger partial charge >= 0.3 is 0 Å². The average Bonchev–Trinajstić information content (AvgIpc) is 2.78. The second kappa shape index (κ2) is 10.7. The Hall–Kier alpha value is -3.60. The Balaban J connectivity index is 1.52. The molecule has 0 spiro atoms. The molecule has 148 valence electrons. The van der Waals surface area contributed by atoms with E-state index in [1.807, 2.05) is 60.7 Å². The molecule has 1 aromatic heterocycles. The highest BCUT2D eigenvalue weighted by Crippen LogP contribution is 2.29. The third kappa shape index (κ3) is 6.50. The predicted molar refractivity (Wildman–Crippen MR) is 114 cm³/mol. The number of hydrogen-bond donors (Lipinski definition) is 1. The maximum atomic E-state index is 12.0. The number of aromatic nitrogens is 1. The van der Waals surface area contributed by atoms with Crippen LogP contribution in [0.3, 0.4) is 0 Å². The zero-order valence-electron chi connectivity index (χ0n) is 16.4. The van der Waals surface area contributed by atoms with Crippen LogP contribution < -0.4 is 14.8 Å². The molecule has 29 heavy (non-hydrogen) atoms. The van der Waals surface area contributed by atoms with Gasteiger partial charge in [0.25, 0.3) is 0 Å². The van der Waals surface area contributed by atoms with Gasteiger partial charge in [0.1, 0.15) is 6.61 Å². The molecule has 2 aromatic carbocycles. The molecule has 0 unspecified atom stereocenters. The van der Waals surface area contributed by atoms with Crippen molar-refractivity contribution in [3.63, 3.8) is 0 Å². The molecule has 1 N–H and O–H groups in total. The van der Waals surface area contributed by atoms with Crippen molar-refractivity contribution in [2.45, 2.75) is 13.0 Å². The fraction of sp³-hybridized carbons (Fsp3) is 0.167.